The van der Waals surface area contributed by atoms with Gasteiger partial charge in [0.2, 0.25) is 0 Å². The summed E-state index contributed by atoms with van der Waals surface area (Å²) in [6.07, 6.45) is -0.384. The minimum absolute atomic E-state index is 0.215. The number of nitrogens with zero attached hydrogens (tertiary/aromatic N) is 3. The van der Waals surface area contributed by atoms with Crippen molar-refractivity contribution in [3.05, 3.63) is 84.5 Å². The van der Waals surface area contributed by atoms with Crippen LogP contribution >= 0.6 is 11.3 Å². The van der Waals surface area contributed by atoms with Crippen LogP contribution in [0.5, 0.6) is 11.5 Å². The lowest BCUT2D eigenvalue weighted by molar-refractivity contribution is -0.143. The number of benzene rings is 2. The zero-order valence-corrected chi connectivity index (χ0v) is 23.4. The van der Waals surface area contributed by atoms with E-state index in [0.717, 1.165) is 17.0 Å². The van der Waals surface area contributed by atoms with Crippen molar-refractivity contribution < 1.29 is 23.8 Å². The Morgan fingerprint density at radius 1 is 1.10 bits per heavy atom. The van der Waals surface area contributed by atoms with Gasteiger partial charge in [0.15, 0.2) is 4.80 Å². The molecule has 0 aliphatic carbocycles. The van der Waals surface area contributed by atoms with E-state index in [1.807, 2.05) is 31.2 Å². The molecular weight excluding hydrogens is 518 g/mol. The maximum absolute atomic E-state index is 14.3. The number of rotatable bonds is 6. The van der Waals surface area contributed by atoms with Crippen LogP contribution in [0.3, 0.4) is 0 Å². The number of carbonyl (C=O) groups is 2. The highest BCUT2D eigenvalue weighted by Gasteiger charge is 2.38. The third-order valence-electron chi connectivity index (χ3n) is 6.76. The Morgan fingerprint density at radius 2 is 1.85 bits per heavy atom. The van der Waals surface area contributed by atoms with Crippen LogP contribution in [-0.4, -0.2) is 43.3 Å². The molecule has 10 heteroatoms. The van der Waals surface area contributed by atoms with Gasteiger partial charge < -0.3 is 19.1 Å². The lowest BCUT2D eigenvalue weighted by Crippen LogP contribution is -2.41. The fourth-order valence-corrected chi connectivity index (χ4v) is 6.21. The summed E-state index contributed by atoms with van der Waals surface area (Å²) in [5.74, 6) is 0.164. The summed E-state index contributed by atoms with van der Waals surface area (Å²) in [7, 11) is 3.06. The molecule has 3 aromatic rings. The topological polar surface area (TPSA) is 99.4 Å². The van der Waals surface area contributed by atoms with Crippen molar-refractivity contribution in [2.75, 3.05) is 25.7 Å². The summed E-state index contributed by atoms with van der Waals surface area (Å²) in [6.45, 7) is 7.59. The van der Waals surface area contributed by atoms with Gasteiger partial charge in [0, 0.05) is 17.7 Å². The Balaban J connectivity index is 1.86. The molecule has 0 unspecified atom stereocenters. The normalized spacial score (nSPS) is 17.7. The van der Waals surface area contributed by atoms with Gasteiger partial charge in [-0.3, -0.25) is 14.2 Å². The molecule has 2 aliphatic heterocycles. The maximum Gasteiger partial charge on any atom is 0.338 e. The van der Waals surface area contributed by atoms with Crippen molar-refractivity contribution in [1.82, 2.24) is 4.57 Å². The van der Waals surface area contributed by atoms with E-state index >= 15 is 0 Å². The zero-order chi connectivity index (χ0) is 28.0. The third-order valence-corrected chi connectivity index (χ3v) is 7.81. The lowest BCUT2D eigenvalue weighted by atomic mass is 9.94. The van der Waals surface area contributed by atoms with E-state index in [1.165, 1.54) is 18.8 Å². The fourth-order valence-electron chi connectivity index (χ4n) is 5.07. The van der Waals surface area contributed by atoms with Gasteiger partial charge in [0.1, 0.15) is 22.1 Å². The molecule has 39 heavy (non-hydrogen) atoms. The second-order valence-corrected chi connectivity index (χ2v) is 10.4. The van der Waals surface area contributed by atoms with Gasteiger partial charge in [-0.15, -0.1) is 0 Å². The summed E-state index contributed by atoms with van der Waals surface area (Å²) in [6, 6.07) is 11.7. The van der Waals surface area contributed by atoms with Crippen LogP contribution in [0.1, 0.15) is 44.9 Å². The first-order chi connectivity index (χ1) is 18.7. The Morgan fingerprint density at radius 3 is 2.51 bits per heavy atom. The highest BCUT2D eigenvalue weighted by Crippen LogP contribution is 2.39. The number of allylic oxidation sites excluding steroid dienone is 1. The number of amides is 1. The van der Waals surface area contributed by atoms with E-state index in [4.69, 9.17) is 14.2 Å². The number of likely N-dealkylation sites (N-methyl/N-ethyl adjacent to an activating group) is 1. The van der Waals surface area contributed by atoms with Gasteiger partial charge >= 0.3 is 5.97 Å². The van der Waals surface area contributed by atoms with Crippen molar-refractivity contribution in [2.24, 2.45) is 4.99 Å². The molecule has 0 saturated carbocycles. The van der Waals surface area contributed by atoms with Crippen LogP contribution in [0.2, 0.25) is 0 Å². The number of hydrogen-bond acceptors (Lipinski definition) is 8. The number of hydrogen-bond donors (Lipinski definition) is 0. The summed E-state index contributed by atoms with van der Waals surface area (Å²) in [5, 5.41) is 0. The van der Waals surface area contributed by atoms with E-state index in [9.17, 15) is 14.4 Å². The molecule has 0 spiro atoms. The third kappa shape index (κ3) is 4.24. The predicted molar refractivity (Wildman–Crippen MR) is 148 cm³/mol. The first-order valence-electron chi connectivity index (χ1n) is 12.6. The molecule has 202 valence electrons. The summed E-state index contributed by atoms with van der Waals surface area (Å²) in [4.78, 5) is 47.9. The van der Waals surface area contributed by atoms with Crippen molar-refractivity contribution in [3.8, 4) is 11.5 Å². The van der Waals surface area contributed by atoms with Crippen molar-refractivity contribution in [3.63, 3.8) is 0 Å². The lowest BCUT2D eigenvalue weighted by Gasteiger charge is -2.26. The zero-order valence-electron chi connectivity index (χ0n) is 22.6. The van der Waals surface area contributed by atoms with Crippen LogP contribution in [0.15, 0.2) is 63.5 Å². The molecule has 0 bridgehead atoms. The molecule has 1 amide bonds. The minimum Gasteiger partial charge on any atom is -0.497 e. The van der Waals surface area contributed by atoms with Crippen LogP contribution in [0.25, 0.3) is 5.57 Å². The SMILES string of the molecule is CCN1C(=O)/C(=c2\sc3n(c2=O)[C@@H](c2cc(OC)ccc2OC)C(C(=O)OC(C)C)=C(C)N=3)c2ccccc21. The number of ether oxygens (including phenoxy) is 3. The second kappa shape index (κ2) is 10.2. The molecular formula is C29H29N3O6S. The van der Waals surface area contributed by atoms with Gasteiger partial charge in [-0.2, -0.15) is 0 Å². The number of anilines is 1. The number of para-hydroxylation sites is 1. The largest absolute Gasteiger partial charge is 0.497 e. The number of fused-ring (bicyclic) bond motifs is 2. The first kappa shape index (κ1) is 26.4. The van der Waals surface area contributed by atoms with E-state index in [0.29, 0.717) is 45.2 Å². The molecule has 2 aliphatic rings. The Bertz CT molecular complexity index is 1720. The predicted octanol–water partition coefficient (Wildman–Crippen LogP) is 2.94. The van der Waals surface area contributed by atoms with Crippen LogP contribution in [0, 0.1) is 0 Å². The number of methoxy groups -OCH3 is 2. The molecule has 3 heterocycles. The summed E-state index contributed by atoms with van der Waals surface area (Å²) >= 11 is 1.13. The van der Waals surface area contributed by atoms with Gasteiger partial charge in [0.05, 0.1) is 42.9 Å². The number of thiazole rings is 1. The van der Waals surface area contributed by atoms with E-state index in [-0.39, 0.29) is 22.1 Å². The summed E-state index contributed by atoms with van der Waals surface area (Å²) in [5.41, 5.74) is 2.53. The minimum atomic E-state index is -0.916. The van der Waals surface area contributed by atoms with E-state index < -0.39 is 17.6 Å². The molecule has 0 N–H and O–H groups in total. The highest BCUT2D eigenvalue weighted by atomic mass is 32.1. The molecule has 1 aromatic heterocycles. The van der Waals surface area contributed by atoms with Crippen molar-refractivity contribution >= 4 is 34.5 Å². The molecule has 9 nitrogen and oxygen atoms in total. The number of aromatic nitrogens is 1. The second-order valence-electron chi connectivity index (χ2n) is 9.41. The van der Waals surface area contributed by atoms with Gasteiger partial charge in [-0.05, 0) is 52.0 Å². The number of esters is 1. The van der Waals surface area contributed by atoms with E-state index in [1.54, 1.807) is 43.9 Å². The Hall–Kier alpha value is -4.18. The molecule has 5 rings (SSSR count). The van der Waals surface area contributed by atoms with Gasteiger partial charge in [-0.25, -0.2) is 9.79 Å². The average Bonchev–Trinajstić information content (AvgIpc) is 3.38. The van der Waals surface area contributed by atoms with Crippen molar-refractivity contribution in [1.29, 1.82) is 0 Å². The van der Waals surface area contributed by atoms with E-state index in [2.05, 4.69) is 4.99 Å². The maximum atomic E-state index is 14.3. The average molecular weight is 548 g/mol. The quantitative estimate of drug-likeness (QED) is 0.440. The number of carbonyl (C=O) groups excluding carboxylic acids is 2. The summed E-state index contributed by atoms with van der Waals surface area (Å²) < 4.78 is 18.4. The first-order valence-corrected chi connectivity index (χ1v) is 13.4. The molecule has 2 aromatic carbocycles. The van der Waals surface area contributed by atoms with Gasteiger partial charge in [0.25, 0.3) is 11.5 Å². The van der Waals surface area contributed by atoms with Crippen LogP contribution in [-0.2, 0) is 14.3 Å². The highest BCUT2D eigenvalue weighted by molar-refractivity contribution is 7.07. The van der Waals surface area contributed by atoms with Crippen LogP contribution < -0.4 is 29.3 Å². The molecule has 1 atom stereocenters. The Kier molecular flexibility index (Phi) is 6.90. The molecule has 0 radical (unpaired) electrons. The molecule has 0 fully saturated rings. The van der Waals surface area contributed by atoms with Crippen LogP contribution in [0.4, 0.5) is 5.69 Å². The molecule has 0 saturated heterocycles. The smallest absolute Gasteiger partial charge is 0.338 e. The fraction of sp³-hybridized carbons (Fsp3) is 0.310. The monoisotopic (exact) mass is 547 g/mol. The van der Waals surface area contributed by atoms with Gasteiger partial charge in [-0.1, -0.05) is 29.5 Å². The van der Waals surface area contributed by atoms with Crippen molar-refractivity contribution in [2.45, 2.75) is 39.8 Å². The standard InChI is InChI=1S/C29H29N3O6S/c1-7-31-20-11-9-8-10-18(20)23(26(31)33)25-27(34)32-24(19-14-17(36-5)12-13-21(19)37-6)22(28(35)38-15(2)3)16(4)30-29(32)39-25/h8-15,24H,7H2,1-6H3/b25-23-/t24-/m0/s1. The Labute approximate surface area is 229 Å².